The predicted molar refractivity (Wildman–Crippen MR) is 89.4 cm³/mol. The minimum atomic E-state index is -1.24. The molecule has 0 saturated heterocycles. The molecule has 2 aromatic carbocycles. The second-order valence-corrected chi connectivity index (χ2v) is 4.96. The first-order chi connectivity index (χ1) is 11.2. The fraction of sp³-hybridized carbons (Fsp3) is 0.222. The molecule has 23 heavy (non-hydrogen) atoms. The van der Waals surface area contributed by atoms with E-state index in [4.69, 9.17) is 4.74 Å². The molecule has 1 atom stereocenters. The topological polar surface area (TPSA) is 70.9 Å². The zero-order valence-corrected chi connectivity index (χ0v) is 13.0. The Morgan fingerprint density at radius 1 is 1.22 bits per heavy atom. The standard InChI is InChI=1S/C18H20N2O3/c1-2-12-23-16-10-8-14(9-11-16)13-19-20-18(22)17(21)15-6-4-3-5-7-15/h3-11,13,17,21H,2,12H2,1H3,(H,20,22)/b19-13+. The average molecular weight is 312 g/mol. The highest BCUT2D eigenvalue weighted by molar-refractivity contribution is 5.85. The molecule has 0 aliphatic rings. The summed E-state index contributed by atoms with van der Waals surface area (Å²) in [7, 11) is 0. The molecular formula is C18H20N2O3. The number of hydrogen-bond acceptors (Lipinski definition) is 4. The van der Waals surface area contributed by atoms with Gasteiger partial charge >= 0.3 is 0 Å². The molecule has 0 radical (unpaired) electrons. The van der Waals surface area contributed by atoms with Crippen LogP contribution in [0.3, 0.4) is 0 Å². The first kappa shape index (κ1) is 16.7. The number of carbonyl (C=O) groups excluding carboxylic acids is 1. The van der Waals surface area contributed by atoms with Crippen molar-refractivity contribution in [2.45, 2.75) is 19.4 Å². The number of rotatable bonds is 7. The molecule has 0 heterocycles. The highest BCUT2D eigenvalue weighted by atomic mass is 16.5. The zero-order valence-electron chi connectivity index (χ0n) is 13.0. The van der Waals surface area contributed by atoms with E-state index in [0.717, 1.165) is 17.7 Å². The van der Waals surface area contributed by atoms with E-state index in [9.17, 15) is 9.90 Å². The Morgan fingerprint density at radius 2 is 1.91 bits per heavy atom. The summed E-state index contributed by atoms with van der Waals surface area (Å²) in [6.45, 7) is 2.73. The van der Waals surface area contributed by atoms with Crippen molar-refractivity contribution < 1.29 is 14.6 Å². The molecular weight excluding hydrogens is 292 g/mol. The predicted octanol–water partition coefficient (Wildman–Crippen LogP) is 2.66. The van der Waals surface area contributed by atoms with Crippen LogP contribution in [0, 0.1) is 0 Å². The van der Waals surface area contributed by atoms with Gasteiger partial charge in [0.1, 0.15) is 5.75 Å². The molecule has 0 saturated carbocycles. The second-order valence-electron chi connectivity index (χ2n) is 4.96. The van der Waals surface area contributed by atoms with Gasteiger partial charge in [-0.2, -0.15) is 5.10 Å². The van der Waals surface area contributed by atoms with Crippen LogP contribution < -0.4 is 10.2 Å². The molecule has 5 heteroatoms. The second kappa shape index (κ2) is 8.70. The number of hydrazone groups is 1. The van der Waals surface area contributed by atoms with Crippen molar-refractivity contribution >= 4 is 12.1 Å². The Balaban J connectivity index is 1.87. The van der Waals surface area contributed by atoms with Gasteiger partial charge in [-0.1, -0.05) is 37.3 Å². The van der Waals surface area contributed by atoms with Crippen molar-refractivity contribution in [2.24, 2.45) is 5.10 Å². The van der Waals surface area contributed by atoms with Gasteiger partial charge in [-0.15, -0.1) is 0 Å². The number of benzene rings is 2. The molecule has 0 bridgehead atoms. The number of ether oxygens (including phenoxy) is 1. The number of nitrogens with one attached hydrogen (secondary N) is 1. The maximum Gasteiger partial charge on any atom is 0.273 e. The molecule has 2 N–H and O–H groups in total. The number of amides is 1. The molecule has 2 aromatic rings. The van der Waals surface area contributed by atoms with Gasteiger partial charge in [0, 0.05) is 0 Å². The Kier molecular flexibility index (Phi) is 6.32. The third kappa shape index (κ3) is 5.23. The van der Waals surface area contributed by atoms with Crippen LogP contribution >= 0.6 is 0 Å². The third-order valence-electron chi connectivity index (χ3n) is 3.10. The molecule has 5 nitrogen and oxygen atoms in total. The molecule has 120 valence electrons. The molecule has 1 amide bonds. The van der Waals surface area contributed by atoms with Gasteiger partial charge in [-0.05, 0) is 41.8 Å². The summed E-state index contributed by atoms with van der Waals surface area (Å²) in [4.78, 5) is 11.8. The number of aliphatic hydroxyl groups excluding tert-OH is 1. The van der Waals surface area contributed by atoms with E-state index in [0.29, 0.717) is 12.2 Å². The smallest absolute Gasteiger partial charge is 0.273 e. The Hall–Kier alpha value is -2.66. The zero-order chi connectivity index (χ0) is 16.5. The van der Waals surface area contributed by atoms with Crippen molar-refractivity contribution in [3.8, 4) is 5.75 Å². The average Bonchev–Trinajstić information content (AvgIpc) is 2.61. The molecule has 0 fully saturated rings. The summed E-state index contributed by atoms with van der Waals surface area (Å²) < 4.78 is 5.49. The van der Waals surface area contributed by atoms with Gasteiger partial charge in [0.05, 0.1) is 12.8 Å². The Labute approximate surface area is 135 Å². The maximum absolute atomic E-state index is 11.8. The lowest BCUT2D eigenvalue weighted by molar-refractivity contribution is -0.129. The summed E-state index contributed by atoms with van der Waals surface area (Å²) in [6, 6.07) is 16.1. The van der Waals surface area contributed by atoms with E-state index in [2.05, 4.69) is 10.5 Å². The van der Waals surface area contributed by atoms with Crippen molar-refractivity contribution in [3.63, 3.8) is 0 Å². The SMILES string of the molecule is CCCOc1ccc(/C=N/NC(=O)C(O)c2ccccc2)cc1. The quantitative estimate of drug-likeness (QED) is 0.610. The van der Waals surface area contributed by atoms with Crippen LogP contribution in [0.25, 0.3) is 0 Å². The van der Waals surface area contributed by atoms with E-state index < -0.39 is 12.0 Å². The van der Waals surface area contributed by atoms with Gasteiger partial charge in [0.2, 0.25) is 0 Å². The van der Waals surface area contributed by atoms with Crippen molar-refractivity contribution in [2.75, 3.05) is 6.61 Å². The van der Waals surface area contributed by atoms with E-state index in [1.807, 2.05) is 37.3 Å². The van der Waals surface area contributed by atoms with Gasteiger partial charge in [0.15, 0.2) is 6.10 Å². The molecule has 2 rings (SSSR count). The molecule has 0 aliphatic heterocycles. The van der Waals surface area contributed by atoms with E-state index in [1.54, 1.807) is 24.3 Å². The largest absolute Gasteiger partial charge is 0.494 e. The number of aliphatic hydroxyl groups is 1. The number of nitrogens with zero attached hydrogens (tertiary/aromatic N) is 1. The fourth-order valence-corrected chi connectivity index (χ4v) is 1.89. The van der Waals surface area contributed by atoms with Crippen LogP contribution in [0.5, 0.6) is 5.75 Å². The van der Waals surface area contributed by atoms with Gasteiger partial charge in [-0.3, -0.25) is 4.79 Å². The Morgan fingerprint density at radius 3 is 2.57 bits per heavy atom. The number of hydrogen-bond donors (Lipinski definition) is 2. The van der Waals surface area contributed by atoms with Gasteiger partial charge in [-0.25, -0.2) is 5.43 Å². The summed E-state index contributed by atoms with van der Waals surface area (Å²) in [5, 5.41) is 13.8. The maximum atomic E-state index is 11.8. The highest BCUT2D eigenvalue weighted by Gasteiger charge is 2.15. The van der Waals surface area contributed by atoms with Gasteiger partial charge < -0.3 is 9.84 Å². The van der Waals surface area contributed by atoms with E-state index in [-0.39, 0.29) is 0 Å². The lowest BCUT2D eigenvalue weighted by Crippen LogP contribution is -2.25. The fourth-order valence-electron chi connectivity index (χ4n) is 1.89. The lowest BCUT2D eigenvalue weighted by Gasteiger charge is -2.08. The van der Waals surface area contributed by atoms with Crippen LogP contribution in [0.2, 0.25) is 0 Å². The summed E-state index contributed by atoms with van der Waals surface area (Å²) in [5.41, 5.74) is 3.68. The van der Waals surface area contributed by atoms with Gasteiger partial charge in [0.25, 0.3) is 5.91 Å². The van der Waals surface area contributed by atoms with E-state index >= 15 is 0 Å². The summed E-state index contributed by atoms with van der Waals surface area (Å²) in [5.74, 6) is 0.225. The summed E-state index contributed by atoms with van der Waals surface area (Å²) in [6.07, 6.45) is 1.23. The first-order valence-corrected chi connectivity index (χ1v) is 7.49. The Bertz CT molecular complexity index is 639. The van der Waals surface area contributed by atoms with Crippen LogP contribution in [0.4, 0.5) is 0 Å². The number of carbonyl (C=O) groups is 1. The summed E-state index contributed by atoms with van der Waals surface area (Å²) >= 11 is 0. The van der Waals surface area contributed by atoms with Crippen molar-refractivity contribution in [1.29, 1.82) is 0 Å². The van der Waals surface area contributed by atoms with Crippen molar-refractivity contribution in [1.82, 2.24) is 5.43 Å². The molecule has 0 spiro atoms. The van der Waals surface area contributed by atoms with Crippen LogP contribution in [0.1, 0.15) is 30.6 Å². The molecule has 1 unspecified atom stereocenters. The van der Waals surface area contributed by atoms with E-state index in [1.165, 1.54) is 6.21 Å². The molecule has 0 aliphatic carbocycles. The minimum absolute atomic E-state index is 0.526. The minimum Gasteiger partial charge on any atom is -0.494 e. The van der Waals surface area contributed by atoms with Crippen molar-refractivity contribution in [3.05, 3.63) is 65.7 Å². The van der Waals surface area contributed by atoms with Crippen LogP contribution in [-0.4, -0.2) is 23.8 Å². The normalized spacial score (nSPS) is 12.1. The lowest BCUT2D eigenvalue weighted by atomic mass is 10.1. The first-order valence-electron chi connectivity index (χ1n) is 7.49. The van der Waals surface area contributed by atoms with Crippen LogP contribution in [-0.2, 0) is 4.79 Å². The van der Waals surface area contributed by atoms with Crippen LogP contribution in [0.15, 0.2) is 59.7 Å². The monoisotopic (exact) mass is 312 g/mol. The third-order valence-corrected chi connectivity index (χ3v) is 3.10. The highest BCUT2D eigenvalue weighted by Crippen LogP contribution is 2.12. The molecule has 0 aromatic heterocycles.